The summed E-state index contributed by atoms with van der Waals surface area (Å²) in [7, 11) is 4.03. The van der Waals surface area contributed by atoms with Crippen molar-refractivity contribution in [3.8, 4) is 0 Å². The van der Waals surface area contributed by atoms with Crippen molar-refractivity contribution in [1.29, 1.82) is 0 Å². The number of benzene rings is 1. The molecule has 7 heteroatoms. The molecule has 1 aromatic rings. The smallest absolute Gasteiger partial charge is 0.254 e. The van der Waals surface area contributed by atoms with Gasteiger partial charge in [0.15, 0.2) is 0 Å². The van der Waals surface area contributed by atoms with Crippen molar-refractivity contribution in [1.82, 2.24) is 10.2 Å². The van der Waals surface area contributed by atoms with Crippen LogP contribution in [0.1, 0.15) is 11.1 Å². The van der Waals surface area contributed by atoms with E-state index in [9.17, 15) is 4.79 Å². The number of hydrogen-bond acceptors (Lipinski definition) is 4. The number of nitrogens with zero attached hydrogens (tertiary/aromatic N) is 1. The van der Waals surface area contributed by atoms with Gasteiger partial charge >= 0.3 is 0 Å². The number of hydrogen-bond donors (Lipinski definition) is 2. The summed E-state index contributed by atoms with van der Waals surface area (Å²) >= 11 is 0. The van der Waals surface area contributed by atoms with Gasteiger partial charge in [-0.15, -0.1) is 24.8 Å². The number of rotatable bonds is 4. The highest BCUT2D eigenvalue weighted by molar-refractivity contribution is 5.95. The Morgan fingerprint density at radius 3 is 2.73 bits per heavy atom. The van der Waals surface area contributed by atoms with Crippen LogP contribution >= 0.6 is 24.8 Å². The minimum absolute atomic E-state index is 0. The van der Waals surface area contributed by atoms with Gasteiger partial charge < -0.3 is 20.3 Å². The molecular weight excluding hydrogens is 325 g/mol. The lowest BCUT2D eigenvalue weighted by Gasteiger charge is -2.23. The van der Waals surface area contributed by atoms with Crippen molar-refractivity contribution in [2.24, 2.45) is 0 Å². The molecule has 126 valence electrons. The third kappa shape index (κ3) is 6.10. The Bertz CT molecular complexity index is 478. The van der Waals surface area contributed by atoms with E-state index >= 15 is 0 Å². The molecule has 1 atom stereocenters. The molecule has 0 saturated carbocycles. The first-order chi connectivity index (χ1) is 9.56. The maximum atomic E-state index is 12.2. The van der Waals surface area contributed by atoms with E-state index in [1.54, 1.807) is 0 Å². The quantitative estimate of drug-likeness (QED) is 0.870. The second-order valence-electron chi connectivity index (χ2n) is 5.45. The molecule has 1 aliphatic rings. The second-order valence-corrected chi connectivity index (χ2v) is 5.45. The summed E-state index contributed by atoms with van der Waals surface area (Å²) in [6.07, 6.45) is -0.405. The van der Waals surface area contributed by atoms with Crippen LogP contribution in [0.5, 0.6) is 0 Å². The minimum atomic E-state index is -0.405. The molecule has 0 bridgehead atoms. The zero-order valence-electron chi connectivity index (χ0n) is 13.2. The molecular formula is C15H25Cl2N3O2. The van der Waals surface area contributed by atoms with Crippen LogP contribution in [0.25, 0.3) is 0 Å². The number of carbonyl (C=O) groups is 1. The number of nitrogens with one attached hydrogen (secondary N) is 2. The molecule has 1 amide bonds. The van der Waals surface area contributed by atoms with Crippen molar-refractivity contribution in [2.75, 3.05) is 39.1 Å². The molecule has 1 aromatic carbocycles. The third-order valence-electron chi connectivity index (χ3n) is 3.23. The Labute approximate surface area is 144 Å². The molecule has 0 radical (unpaired) electrons. The third-order valence-corrected chi connectivity index (χ3v) is 3.23. The highest BCUT2D eigenvalue weighted by Gasteiger charge is 2.22. The van der Waals surface area contributed by atoms with Crippen molar-refractivity contribution in [3.63, 3.8) is 0 Å². The van der Waals surface area contributed by atoms with E-state index in [1.165, 1.54) is 5.56 Å². The van der Waals surface area contributed by atoms with Crippen LogP contribution in [-0.2, 0) is 16.1 Å². The normalized spacial score (nSPS) is 17.4. The molecule has 0 aliphatic carbocycles. The number of halogens is 2. The van der Waals surface area contributed by atoms with E-state index in [2.05, 4.69) is 28.5 Å². The fourth-order valence-electron chi connectivity index (χ4n) is 2.26. The van der Waals surface area contributed by atoms with E-state index in [0.29, 0.717) is 13.2 Å². The van der Waals surface area contributed by atoms with Gasteiger partial charge in [-0.2, -0.15) is 0 Å². The highest BCUT2D eigenvalue weighted by Crippen LogP contribution is 2.19. The molecule has 5 nitrogen and oxygen atoms in total. The average Bonchev–Trinajstić information content (AvgIpc) is 2.42. The molecule has 0 spiro atoms. The number of amides is 1. The summed E-state index contributed by atoms with van der Waals surface area (Å²) in [5.74, 6) is -0.0824. The zero-order chi connectivity index (χ0) is 14.5. The number of carbonyl (C=O) groups excluding carboxylic acids is 1. The summed E-state index contributed by atoms with van der Waals surface area (Å²) in [6.45, 7) is 4.80. The summed E-state index contributed by atoms with van der Waals surface area (Å²) in [5, 5.41) is 6.15. The van der Waals surface area contributed by atoms with Crippen molar-refractivity contribution >= 4 is 36.4 Å². The molecule has 22 heavy (non-hydrogen) atoms. The maximum absolute atomic E-state index is 12.2. The van der Waals surface area contributed by atoms with Gasteiger partial charge in [0, 0.05) is 25.3 Å². The molecule has 1 fully saturated rings. The summed E-state index contributed by atoms with van der Waals surface area (Å²) < 4.78 is 5.47. The van der Waals surface area contributed by atoms with E-state index in [0.717, 1.165) is 24.3 Å². The Balaban J connectivity index is 0.00000220. The number of morpholine rings is 1. The largest absolute Gasteiger partial charge is 0.366 e. The van der Waals surface area contributed by atoms with E-state index in [1.807, 2.05) is 26.2 Å². The van der Waals surface area contributed by atoms with Crippen molar-refractivity contribution < 1.29 is 9.53 Å². The predicted molar refractivity (Wildman–Crippen MR) is 94.3 cm³/mol. The molecule has 2 N–H and O–H groups in total. The van der Waals surface area contributed by atoms with Gasteiger partial charge in [0.05, 0.1) is 6.61 Å². The zero-order valence-corrected chi connectivity index (χ0v) is 14.9. The Morgan fingerprint density at radius 1 is 1.41 bits per heavy atom. The van der Waals surface area contributed by atoms with E-state index in [-0.39, 0.29) is 30.7 Å². The van der Waals surface area contributed by atoms with Crippen LogP contribution in [0.2, 0.25) is 0 Å². The summed E-state index contributed by atoms with van der Waals surface area (Å²) in [6, 6.07) is 6.08. The Morgan fingerprint density at radius 2 is 2.14 bits per heavy atom. The number of anilines is 1. The first-order valence-corrected chi connectivity index (χ1v) is 6.93. The number of aryl methyl sites for hydroxylation is 1. The lowest BCUT2D eigenvalue weighted by Crippen LogP contribution is -2.45. The van der Waals surface area contributed by atoms with Gasteiger partial charge in [-0.3, -0.25) is 4.79 Å². The second kappa shape index (κ2) is 10.0. The monoisotopic (exact) mass is 349 g/mol. The van der Waals surface area contributed by atoms with Crippen LogP contribution in [0.4, 0.5) is 5.69 Å². The molecule has 1 heterocycles. The van der Waals surface area contributed by atoms with Crippen LogP contribution in [-0.4, -0.2) is 50.7 Å². The van der Waals surface area contributed by atoms with Crippen LogP contribution in [0.15, 0.2) is 18.2 Å². The molecule has 1 aliphatic heterocycles. The van der Waals surface area contributed by atoms with E-state index < -0.39 is 6.10 Å². The van der Waals surface area contributed by atoms with Crippen molar-refractivity contribution in [2.45, 2.75) is 19.6 Å². The molecule has 1 saturated heterocycles. The average molecular weight is 350 g/mol. The van der Waals surface area contributed by atoms with Gasteiger partial charge in [0.1, 0.15) is 6.10 Å². The lowest BCUT2D eigenvalue weighted by molar-refractivity contribution is -0.128. The van der Waals surface area contributed by atoms with Crippen LogP contribution in [0, 0.1) is 6.92 Å². The standard InChI is InChI=1S/C15H23N3O2.2ClH/c1-11-4-5-13(12(8-11)10-18(2)3)17-15(19)14-9-16-6-7-20-14;;/h4-5,8,14,16H,6-7,9-10H2,1-3H3,(H,17,19);2*1H. The Kier molecular flexibility index (Phi) is 9.64. The predicted octanol–water partition coefficient (Wildman–Crippen LogP) is 1.83. The maximum Gasteiger partial charge on any atom is 0.254 e. The molecule has 1 unspecified atom stereocenters. The summed E-state index contributed by atoms with van der Waals surface area (Å²) in [4.78, 5) is 14.3. The van der Waals surface area contributed by atoms with Gasteiger partial charge in [-0.1, -0.05) is 17.7 Å². The van der Waals surface area contributed by atoms with Gasteiger partial charge in [-0.25, -0.2) is 0 Å². The minimum Gasteiger partial charge on any atom is -0.366 e. The van der Waals surface area contributed by atoms with Gasteiger partial charge in [-0.05, 0) is 32.6 Å². The first-order valence-electron chi connectivity index (χ1n) is 6.93. The van der Waals surface area contributed by atoms with Crippen molar-refractivity contribution in [3.05, 3.63) is 29.3 Å². The molecule has 2 rings (SSSR count). The first kappa shape index (κ1) is 21.1. The molecule has 0 aromatic heterocycles. The fraction of sp³-hybridized carbons (Fsp3) is 0.533. The topological polar surface area (TPSA) is 53.6 Å². The fourth-order valence-corrected chi connectivity index (χ4v) is 2.26. The van der Waals surface area contributed by atoms with Gasteiger partial charge in [0.25, 0.3) is 5.91 Å². The number of ether oxygens (including phenoxy) is 1. The Hall–Kier alpha value is -0.850. The summed E-state index contributed by atoms with van der Waals surface area (Å²) in [5.41, 5.74) is 3.17. The highest BCUT2D eigenvalue weighted by atomic mass is 35.5. The van der Waals surface area contributed by atoms with Gasteiger partial charge in [0.2, 0.25) is 0 Å². The van der Waals surface area contributed by atoms with Crippen LogP contribution < -0.4 is 10.6 Å². The SMILES string of the molecule is Cc1ccc(NC(=O)C2CNCCO2)c(CN(C)C)c1.Cl.Cl. The lowest BCUT2D eigenvalue weighted by atomic mass is 10.1. The van der Waals surface area contributed by atoms with E-state index in [4.69, 9.17) is 4.74 Å². The van der Waals surface area contributed by atoms with Crippen LogP contribution in [0.3, 0.4) is 0 Å².